The molecule has 0 aliphatic carbocycles. The Kier molecular flexibility index (Phi) is 4.86. The van der Waals surface area contributed by atoms with Gasteiger partial charge in [-0.15, -0.1) is 0 Å². The van der Waals surface area contributed by atoms with Crippen LogP contribution in [0.5, 0.6) is 0 Å². The van der Waals surface area contributed by atoms with Crippen molar-refractivity contribution in [1.82, 2.24) is 9.36 Å². The zero-order valence-electron chi connectivity index (χ0n) is 10.7. The van der Waals surface area contributed by atoms with E-state index in [1.165, 1.54) is 11.5 Å². The molecule has 96 valence electrons. The van der Waals surface area contributed by atoms with Crippen molar-refractivity contribution in [3.63, 3.8) is 0 Å². The lowest BCUT2D eigenvalue weighted by Gasteiger charge is -2.20. The number of hydrogen-bond donors (Lipinski definition) is 2. The number of carbonyl (C=O) groups is 1. The minimum absolute atomic E-state index is 0.180. The molecule has 0 radical (unpaired) electrons. The highest BCUT2D eigenvalue weighted by atomic mass is 32.1. The molecule has 0 aliphatic rings. The van der Waals surface area contributed by atoms with Crippen LogP contribution in [0.15, 0.2) is 0 Å². The third-order valence-electron chi connectivity index (χ3n) is 2.76. The Morgan fingerprint density at radius 1 is 1.47 bits per heavy atom. The van der Waals surface area contributed by atoms with Gasteiger partial charge >= 0.3 is 0 Å². The van der Waals surface area contributed by atoms with Crippen molar-refractivity contribution < 1.29 is 4.79 Å². The molecule has 5 nitrogen and oxygen atoms in total. The number of rotatable bonds is 6. The van der Waals surface area contributed by atoms with Crippen LogP contribution in [-0.2, 0) is 4.79 Å². The fourth-order valence-electron chi connectivity index (χ4n) is 1.39. The van der Waals surface area contributed by atoms with Gasteiger partial charge in [0, 0.05) is 17.5 Å². The normalized spacial score (nSPS) is 14.6. The van der Waals surface area contributed by atoms with Crippen LogP contribution in [0.3, 0.4) is 0 Å². The number of aromatic nitrogens is 2. The second-order valence-electron chi connectivity index (χ2n) is 4.52. The Bertz CT molecular complexity index is 377. The standard InChI is InChI=1S/C11H20N4OS/c1-5-7(4)8(9(12)16)13-11-14-10(6(2)3)15-17-11/h6-8H,5H2,1-4H3,(H2,12,16)(H,13,14,15). The van der Waals surface area contributed by atoms with E-state index in [1.54, 1.807) is 0 Å². The number of hydrogen-bond acceptors (Lipinski definition) is 5. The van der Waals surface area contributed by atoms with E-state index in [2.05, 4.69) is 14.7 Å². The molecule has 1 rings (SSSR count). The molecule has 1 amide bonds. The molecule has 1 aromatic rings. The van der Waals surface area contributed by atoms with Crippen molar-refractivity contribution in [3.8, 4) is 0 Å². The summed E-state index contributed by atoms with van der Waals surface area (Å²) in [6.45, 7) is 8.09. The Labute approximate surface area is 106 Å². The Hall–Kier alpha value is -1.17. The largest absolute Gasteiger partial charge is 0.368 e. The molecule has 2 atom stereocenters. The molecule has 1 aromatic heterocycles. The molecular formula is C11H20N4OS. The van der Waals surface area contributed by atoms with E-state index < -0.39 is 0 Å². The highest BCUT2D eigenvalue weighted by Crippen LogP contribution is 2.20. The maximum Gasteiger partial charge on any atom is 0.240 e. The summed E-state index contributed by atoms with van der Waals surface area (Å²) >= 11 is 1.27. The van der Waals surface area contributed by atoms with Gasteiger partial charge in [-0.25, -0.2) is 4.98 Å². The van der Waals surface area contributed by atoms with Gasteiger partial charge in [0.2, 0.25) is 11.0 Å². The number of carbonyl (C=O) groups excluding carboxylic acids is 1. The van der Waals surface area contributed by atoms with E-state index in [-0.39, 0.29) is 23.8 Å². The van der Waals surface area contributed by atoms with Gasteiger partial charge in [0.15, 0.2) is 0 Å². The van der Waals surface area contributed by atoms with Gasteiger partial charge in [-0.1, -0.05) is 34.1 Å². The fourth-order valence-corrected chi connectivity index (χ4v) is 2.14. The minimum Gasteiger partial charge on any atom is -0.368 e. The average molecular weight is 256 g/mol. The molecule has 6 heteroatoms. The third-order valence-corrected chi connectivity index (χ3v) is 3.42. The quantitative estimate of drug-likeness (QED) is 0.815. The van der Waals surface area contributed by atoms with Crippen LogP contribution in [0.25, 0.3) is 0 Å². The van der Waals surface area contributed by atoms with Crippen molar-refractivity contribution in [2.24, 2.45) is 11.7 Å². The summed E-state index contributed by atoms with van der Waals surface area (Å²) in [4.78, 5) is 15.7. The summed E-state index contributed by atoms with van der Waals surface area (Å²) in [5.41, 5.74) is 5.38. The maximum atomic E-state index is 11.4. The van der Waals surface area contributed by atoms with Crippen molar-refractivity contribution in [3.05, 3.63) is 5.82 Å². The summed E-state index contributed by atoms with van der Waals surface area (Å²) in [7, 11) is 0. The van der Waals surface area contributed by atoms with Gasteiger partial charge in [-0.3, -0.25) is 4.79 Å². The highest BCUT2D eigenvalue weighted by Gasteiger charge is 2.22. The topological polar surface area (TPSA) is 80.9 Å². The monoisotopic (exact) mass is 256 g/mol. The number of nitrogens with two attached hydrogens (primary N) is 1. The second-order valence-corrected chi connectivity index (χ2v) is 5.27. The molecule has 0 aromatic carbocycles. The summed E-state index contributed by atoms with van der Waals surface area (Å²) in [5, 5.41) is 3.74. The predicted octanol–water partition coefficient (Wildman–Crippen LogP) is 1.97. The van der Waals surface area contributed by atoms with Gasteiger partial charge in [0.25, 0.3) is 0 Å². The van der Waals surface area contributed by atoms with E-state index in [1.807, 2.05) is 27.7 Å². The molecule has 0 aliphatic heterocycles. The number of nitrogens with zero attached hydrogens (tertiary/aromatic N) is 2. The van der Waals surface area contributed by atoms with Gasteiger partial charge in [0.05, 0.1) is 0 Å². The Morgan fingerprint density at radius 2 is 2.12 bits per heavy atom. The lowest BCUT2D eigenvalue weighted by atomic mass is 9.99. The van der Waals surface area contributed by atoms with E-state index in [4.69, 9.17) is 5.73 Å². The predicted molar refractivity (Wildman–Crippen MR) is 70.1 cm³/mol. The van der Waals surface area contributed by atoms with Gasteiger partial charge in [-0.2, -0.15) is 4.37 Å². The van der Waals surface area contributed by atoms with Gasteiger partial charge in [-0.05, 0) is 5.92 Å². The van der Waals surface area contributed by atoms with Crippen LogP contribution in [-0.4, -0.2) is 21.3 Å². The van der Waals surface area contributed by atoms with E-state index in [0.29, 0.717) is 5.13 Å². The zero-order valence-corrected chi connectivity index (χ0v) is 11.5. The van der Waals surface area contributed by atoms with Crippen molar-refractivity contribution >= 4 is 22.6 Å². The van der Waals surface area contributed by atoms with Crippen LogP contribution >= 0.6 is 11.5 Å². The fraction of sp³-hybridized carbons (Fsp3) is 0.727. The SMILES string of the molecule is CCC(C)C(Nc1nc(C(C)C)ns1)C(N)=O. The number of primary amides is 1. The molecule has 1 heterocycles. The smallest absolute Gasteiger partial charge is 0.240 e. The first-order valence-corrected chi connectivity index (χ1v) is 6.62. The first-order valence-electron chi connectivity index (χ1n) is 5.85. The summed E-state index contributed by atoms with van der Waals surface area (Å²) in [6.07, 6.45) is 0.885. The zero-order chi connectivity index (χ0) is 13.0. The third kappa shape index (κ3) is 3.66. The van der Waals surface area contributed by atoms with Crippen molar-refractivity contribution in [2.45, 2.75) is 46.1 Å². The Morgan fingerprint density at radius 3 is 2.53 bits per heavy atom. The number of amides is 1. The molecule has 0 fully saturated rings. The van der Waals surface area contributed by atoms with E-state index in [9.17, 15) is 4.79 Å². The Balaban J connectivity index is 2.75. The van der Waals surface area contributed by atoms with E-state index >= 15 is 0 Å². The van der Waals surface area contributed by atoms with Crippen LogP contribution in [0.4, 0.5) is 5.13 Å². The van der Waals surface area contributed by atoms with Crippen LogP contribution in [0.1, 0.15) is 45.9 Å². The molecule has 0 bridgehead atoms. The van der Waals surface area contributed by atoms with Crippen LogP contribution < -0.4 is 11.1 Å². The summed E-state index contributed by atoms with van der Waals surface area (Å²) < 4.78 is 4.23. The first-order chi connectivity index (χ1) is 7.95. The molecule has 17 heavy (non-hydrogen) atoms. The molecule has 0 saturated heterocycles. The molecule has 0 spiro atoms. The van der Waals surface area contributed by atoms with Crippen molar-refractivity contribution in [1.29, 1.82) is 0 Å². The molecular weight excluding hydrogens is 236 g/mol. The second kappa shape index (κ2) is 5.95. The van der Waals surface area contributed by atoms with Crippen molar-refractivity contribution in [2.75, 3.05) is 5.32 Å². The number of anilines is 1. The maximum absolute atomic E-state index is 11.4. The average Bonchev–Trinajstić information content (AvgIpc) is 2.73. The van der Waals surface area contributed by atoms with E-state index in [0.717, 1.165) is 12.2 Å². The molecule has 2 unspecified atom stereocenters. The van der Waals surface area contributed by atoms with Gasteiger partial charge < -0.3 is 11.1 Å². The summed E-state index contributed by atoms with van der Waals surface area (Å²) in [6, 6.07) is -0.382. The molecule has 3 N–H and O–H groups in total. The lowest BCUT2D eigenvalue weighted by Crippen LogP contribution is -2.40. The van der Waals surface area contributed by atoms with Crippen LogP contribution in [0, 0.1) is 5.92 Å². The first kappa shape index (κ1) is 13.9. The highest BCUT2D eigenvalue weighted by molar-refractivity contribution is 7.09. The minimum atomic E-state index is -0.382. The van der Waals surface area contributed by atoms with Crippen LogP contribution in [0.2, 0.25) is 0 Å². The summed E-state index contributed by atoms with van der Waals surface area (Å²) in [5.74, 6) is 0.918. The van der Waals surface area contributed by atoms with Gasteiger partial charge in [0.1, 0.15) is 11.9 Å². The molecule has 0 saturated carbocycles. The lowest BCUT2D eigenvalue weighted by molar-refractivity contribution is -0.119. The number of nitrogens with one attached hydrogen (secondary N) is 1.